The van der Waals surface area contributed by atoms with Crippen LogP contribution in [0.3, 0.4) is 0 Å². The summed E-state index contributed by atoms with van der Waals surface area (Å²) in [4.78, 5) is 14.3. The minimum absolute atomic E-state index is 0.00255. The van der Waals surface area contributed by atoms with Gasteiger partial charge in [-0.15, -0.1) is 0 Å². The van der Waals surface area contributed by atoms with Gasteiger partial charge in [0, 0.05) is 24.5 Å². The maximum Gasteiger partial charge on any atom is 0.225 e. The lowest BCUT2D eigenvalue weighted by molar-refractivity contribution is -0.116. The minimum Gasteiger partial charge on any atom is -0.397 e. The summed E-state index contributed by atoms with van der Waals surface area (Å²) >= 11 is 5.83. The zero-order valence-electron chi connectivity index (χ0n) is 11.9. The fourth-order valence-electron chi connectivity index (χ4n) is 2.61. The van der Waals surface area contributed by atoms with Gasteiger partial charge in [0.05, 0.1) is 11.4 Å². The summed E-state index contributed by atoms with van der Waals surface area (Å²) in [6.45, 7) is 5.27. The van der Waals surface area contributed by atoms with Crippen molar-refractivity contribution in [3.8, 4) is 0 Å². The Balaban J connectivity index is 1.80. The van der Waals surface area contributed by atoms with Gasteiger partial charge in [0.25, 0.3) is 0 Å². The predicted octanol–water partition coefficient (Wildman–Crippen LogP) is 2.98. The molecule has 0 aliphatic carbocycles. The molecule has 1 heterocycles. The molecule has 1 fully saturated rings. The van der Waals surface area contributed by atoms with Crippen LogP contribution in [0.2, 0.25) is 5.02 Å². The number of carbonyl (C=O) groups excluding carboxylic acids is 1. The normalized spacial score (nSPS) is 19.8. The van der Waals surface area contributed by atoms with E-state index in [9.17, 15) is 4.79 Å². The summed E-state index contributed by atoms with van der Waals surface area (Å²) in [6, 6.07) is 5.10. The van der Waals surface area contributed by atoms with Gasteiger partial charge in [-0.25, -0.2) is 0 Å². The third-order valence-corrected chi connectivity index (χ3v) is 3.92. The molecule has 20 heavy (non-hydrogen) atoms. The number of nitrogens with one attached hydrogen (secondary N) is 1. The van der Waals surface area contributed by atoms with Gasteiger partial charge >= 0.3 is 0 Å². The van der Waals surface area contributed by atoms with Crippen LogP contribution in [-0.4, -0.2) is 30.4 Å². The molecular weight excluding hydrogens is 274 g/mol. The number of anilines is 2. The van der Waals surface area contributed by atoms with Crippen LogP contribution in [0, 0.1) is 5.92 Å². The van der Waals surface area contributed by atoms with Crippen molar-refractivity contribution >= 4 is 28.9 Å². The lowest BCUT2D eigenvalue weighted by Gasteiger charge is -2.30. The van der Waals surface area contributed by atoms with Gasteiger partial charge in [0.2, 0.25) is 5.91 Å². The predicted molar refractivity (Wildman–Crippen MR) is 83.9 cm³/mol. The van der Waals surface area contributed by atoms with Crippen LogP contribution in [0.25, 0.3) is 0 Å². The Bertz CT molecular complexity index is 478. The average molecular weight is 296 g/mol. The van der Waals surface area contributed by atoms with Crippen molar-refractivity contribution in [2.75, 3.05) is 30.7 Å². The molecule has 0 spiro atoms. The number of nitrogen functional groups attached to an aromatic ring is 1. The first kappa shape index (κ1) is 15.1. The number of nitrogens with two attached hydrogens (primary N) is 1. The monoisotopic (exact) mass is 295 g/mol. The molecule has 1 aromatic rings. The quantitative estimate of drug-likeness (QED) is 0.840. The van der Waals surface area contributed by atoms with Gasteiger partial charge in [-0.2, -0.15) is 0 Å². The molecule has 0 saturated carbocycles. The van der Waals surface area contributed by atoms with Crippen molar-refractivity contribution < 1.29 is 4.79 Å². The number of rotatable bonds is 4. The second-order valence-electron chi connectivity index (χ2n) is 5.58. The molecule has 1 aliphatic rings. The molecule has 1 atom stereocenters. The number of hydrogen-bond donors (Lipinski definition) is 2. The highest BCUT2D eigenvalue weighted by Crippen LogP contribution is 2.22. The molecule has 1 aromatic carbocycles. The van der Waals surface area contributed by atoms with E-state index >= 15 is 0 Å². The molecule has 4 nitrogen and oxygen atoms in total. The fourth-order valence-corrected chi connectivity index (χ4v) is 2.79. The number of piperidine rings is 1. The second-order valence-corrected chi connectivity index (χ2v) is 6.01. The molecule has 1 unspecified atom stereocenters. The molecule has 0 aromatic heterocycles. The zero-order valence-corrected chi connectivity index (χ0v) is 12.6. The standard InChI is InChI=1S/C15H22ClN3O/c1-11-3-2-7-19(10-11)8-6-15(20)18-14-5-4-12(16)9-13(14)17/h4-5,9,11H,2-3,6-8,10,17H2,1H3,(H,18,20). The highest BCUT2D eigenvalue weighted by molar-refractivity contribution is 6.31. The minimum atomic E-state index is -0.00255. The van der Waals surface area contributed by atoms with Crippen molar-refractivity contribution in [2.24, 2.45) is 5.92 Å². The SMILES string of the molecule is CC1CCCN(CCC(=O)Nc2ccc(Cl)cc2N)C1. The van der Waals surface area contributed by atoms with Gasteiger partial charge in [-0.1, -0.05) is 18.5 Å². The van der Waals surface area contributed by atoms with Gasteiger partial charge in [-0.3, -0.25) is 4.79 Å². The molecule has 5 heteroatoms. The summed E-state index contributed by atoms with van der Waals surface area (Å²) in [5.41, 5.74) is 6.95. The number of benzene rings is 1. The number of hydrogen-bond acceptors (Lipinski definition) is 3. The van der Waals surface area contributed by atoms with Crippen LogP contribution >= 0.6 is 11.6 Å². The van der Waals surface area contributed by atoms with E-state index in [1.54, 1.807) is 18.2 Å². The van der Waals surface area contributed by atoms with Crippen molar-refractivity contribution in [1.82, 2.24) is 4.90 Å². The average Bonchev–Trinajstić information content (AvgIpc) is 2.40. The Kier molecular flexibility index (Phi) is 5.26. The largest absolute Gasteiger partial charge is 0.397 e. The number of nitrogens with zero attached hydrogens (tertiary/aromatic N) is 1. The fraction of sp³-hybridized carbons (Fsp3) is 0.533. The number of likely N-dealkylation sites (tertiary alicyclic amines) is 1. The van der Waals surface area contributed by atoms with E-state index in [1.807, 2.05) is 0 Å². The summed E-state index contributed by atoms with van der Waals surface area (Å²) < 4.78 is 0. The third-order valence-electron chi connectivity index (χ3n) is 3.68. The van der Waals surface area contributed by atoms with Gasteiger partial charge in [0.15, 0.2) is 0 Å². The zero-order chi connectivity index (χ0) is 14.5. The van der Waals surface area contributed by atoms with Crippen LogP contribution < -0.4 is 11.1 Å². The first-order valence-electron chi connectivity index (χ1n) is 7.12. The Hall–Kier alpha value is -1.26. The Morgan fingerprint density at radius 2 is 2.35 bits per heavy atom. The maximum absolute atomic E-state index is 11.9. The van der Waals surface area contributed by atoms with Gasteiger partial charge in [0.1, 0.15) is 0 Å². The van der Waals surface area contributed by atoms with Gasteiger partial charge in [-0.05, 0) is 43.5 Å². The smallest absolute Gasteiger partial charge is 0.225 e. The van der Waals surface area contributed by atoms with Gasteiger partial charge < -0.3 is 16.0 Å². The van der Waals surface area contributed by atoms with Crippen LogP contribution in [0.15, 0.2) is 18.2 Å². The summed E-state index contributed by atoms with van der Waals surface area (Å²) in [6.07, 6.45) is 3.02. The second kappa shape index (κ2) is 6.95. The summed E-state index contributed by atoms with van der Waals surface area (Å²) in [5.74, 6) is 0.732. The van der Waals surface area contributed by atoms with Crippen molar-refractivity contribution in [1.29, 1.82) is 0 Å². The molecular formula is C15H22ClN3O. The van der Waals surface area contributed by atoms with E-state index in [1.165, 1.54) is 12.8 Å². The maximum atomic E-state index is 11.9. The Morgan fingerprint density at radius 1 is 1.55 bits per heavy atom. The first-order chi connectivity index (χ1) is 9.54. The van der Waals surface area contributed by atoms with E-state index in [0.29, 0.717) is 22.8 Å². The molecule has 1 amide bonds. The third kappa shape index (κ3) is 4.39. The number of amides is 1. The van der Waals surface area contributed by atoms with E-state index in [-0.39, 0.29) is 5.91 Å². The van der Waals surface area contributed by atoms with Crippen LogP contribution in [-0.2, 0) is 4.79 Å². The molecule has 3 N–H and O–H groups in total. The summed E-state index contributed by atoms with van der Waals surface area (Å²) in [7, 11) is 0. The van der Waals surface area contributed by atoms with Crippen molar-refractivity contribution in [3.05, 3.63) is 23.2 Å². The van der Waals surface area contributed by atoms with Crippen LogP contribution in [0.5, 0.6) is 0 Å². The number of halogens is 1. The van der Waals surface area contributed by atoms with E-state index in [4.69, 9.17) is 17.3 Å². The van der Waals surface area contributed by atoms with E-state index in [0.717, 1.165) is 25.6 Å². The van der Waals surface area contributed by atoms with E-state index in [2.05, 4.69) is 17.1 Å². The van der Waals surface area contributed by atoms with Crippen LogP contribution in [0.4, 0.5) is 11.4 Å². The first-order valence-corrected chi connectivity index (χ1v) is 7.49. The highest BCUT2D eigenvalue weighted by atomic mass is 35.5. The summed E-state index contributed by atoms with van der Waals surface area (Å²) in [5, 5.41) is 3.41. The lowest BCUT2D eigenvalue weighted by atomic mass is 10.0. The van der Waals surface area contributed by atoms with Crippen molar-refractivity contribution in [3.63, 3.8) is 0 Å². The Labute approximate surface area is 125 Å². The molecule has 0 bridgehead atoms. The Morgan fingerprint density at radius 3 is 3.05 bits per heavy atom. The molecule has 1 saturated heterocycles. The van der Waals surface area contributed by atoms with Crippen LogP contribution in [0.1, 0.15) is 26.2 Å². The van der Waals surface area contributed by atoms with Crippen molar-refractivity contribution in [2.45, 2.75) is 26.2 Å². The van der Waals surface area contributed by atoms with E-state index < -0.39 is 0 Å². The topological polar surface area (TPSA) is 58.4 Å². The molecule has 1 aliphatic heterocycles. The molecule has 0 radical (unpaired) electrons. The molecule has 110 valence electrons. The molecule has 2 rings (SSSR count). The lowest BCUT2D eigenvalue weighted by Crippen LogP contribution is -2.36. The highest BCUT2D eigenvalue weighted by Gasteiger charge is 2.17. The number of carbonyl (C=O) groups is 1.